The summed E-state index contributed by atoms with van der Waals surface area (Å²) in [6.45, 7) is 2.38. The van der Waals surface area contributed by atoms with Crippen LogP contribution in [0.15, 0.2) is 18.2 Å². The van der Waals surface area contributed by atoms with Crippen molar-refractivity contribution in [3.8, 4) is 11.5 Å². The van der Waals surface area contributed by atoms with Gasteiger partial charge >= 0.3 is 0 Å². The molecule has 0 radical (unpaired) electrons. The van der Waals surface area contributed by atoms with E-state index in [2.05, 4.69) is 0 Å². The minimum absolute atomic E-state index is 0.120. The highest BCUT2D eigenvalue weighted by atomic mass is 16.3. The lowest BCUT2D eigenvalue weighted by Gasteiger charge is -2.15. The highest BCUT2D eigenvalue weighted by molar-refractivity contribution is 5.97. The van der Waals surface area contributed by atoms with Gasteiger partial charge in [-0.05, 0) is 19.1 Å². The van der Waals surface area contributed by atoms with Crippen LogP contribution in [0.25, 0.3) is 0 Å². The number of phenols is 2. The summed E-state index contributed by atoms with van der Waals surface area (Å²) in [6, 6.07) is 4.33. The second-order valence-electron chi connectivity index (χ2n) is 2.99. The zero-order valence-corrected chi connectivity index (χ0v) is 8.19. The number of nitrogens with zero attached hydrogens (tertiary/aromatic N) is 1. The topological polar surface area (TPSA) is 60.8 Å². The third-order valence-corrected chi connectivity index (χ3v) is 2.07. The van der Waals surface area contributed by atoms with E-state index in [1.165, 1.54) is 23.1 Å². The Morgan fingerprint density at radius 3 is 2.64 bits per heavy atom. The average Bonchev–Trinajstić information content (AvgIpc) is 2.20. The molecule has 0 aliphatic carbocycles. The molecule has 0 atom stereocenters. The fourth-order valence-corrected chi connectivity index (χ4v) is 1.05. The summed E-state index contributed by atoms with van der Waals surface area (Å²) in [7, 11) is 1.63. The van der Waals surface area contributed by atoms with Crippen LogP contribution < -0.4 is 0 Å². The molecule has 14 heavy (non-hydrogen) atoms. The van der Waals surface area contributed by atoms with Gasteiger partial charge in [-0.15, -0.1) is 0 Å². The monoisotopic (exact) mass is 195 g/mol. The fraction of sp³-hybridized carbons (Fsp3) is 0.300. The number of phenolic OH excluding ortho intramolecular Hbond substituents is 2. The number of rotatable bonds is 2. The van der Waals surface area contributed by atoms with Crippen LogP contribution in [-0.4, -0.2) is 34.6 Å². The van der Waals surface area contributed by atoms with Gasteiger partial charge in [-0.25, -0.2) is 0 Å². The van der Waals surface area contributed by atoms with Crippen LogP contribution in [-0.2, 0) is 0 Å². The van der Waals surface area contributed by atoms with Gasteiger partial charge in [0.1, 0.15) is 0 Å². The minimum atomic E-state index is -0.363. The predicted molar refractivity (Wildman–Crippen MR) is 52.4 cm³/mol. The quantitative estimate of drug-likeness (QED) is 0.697. The molecule has 0 aliphatic rings. The summed E-state index contributed by atoms with van der Waals surface area (Å²) < 4.78 is 0. The molecule has 4 heteroatoms. The van der Waals surface area contributed by atoms with Crippen molar-refractivity contribution in [1.82, 2.24) is 4.90 Å². The maximum absolute atomic E-state index is 11.6. The molecule has 0 fully saturated rings. The van der Waals surface area contributed by atoms with Crippen molar-refractivity contribution >= 4 is 5.91 Å². The van der Waals surface area contributed by atoms with E-state index in [1.807, 2.05) is 6.92 Å². The van der Waals surface area contributed by atoms with Gasteiger partial charge in [-0.3, -0.25) is 4.79 Å². The Morgan fingerprint density at radius 2 is 2.07 bits per heavy atom. The zero-order chi connectivity index (χ0) is 10.7. The van der Waals surface area contributed by atoms with Crippen LogP contribution in [0.4, 0.5) is 0 Å². The molecular formula is C10H13NO3. The molecule has 0 aromatic heterocycles. The Labute approximate surface area is 82.4 Å². The lowest BCUT2D eigenvalue weighted by Crippen LogP contribution is -2.26. The first-order valence-corrected chi connectivity index (χ1v) is 4.34. The Morgan fingerprint density at radius 1 is 1.43 bits per heavy atom. The van der Waals surface area contributed by atoms with Gasteiger partial charge in [0.05, 0.1) is 5.56 Å². The van der Waals surface area contributed by atoms with Gasteiger partial charge in [-0.2, -0.15) is 0 Å². The van der Waals surface area contributed by atoms with Gasteiger partial charge in [0.15, 0.2) is 11.5 Å². The van der Waals surface area contributed by atoms with Gasteiger partial charge in [0.2, 0.25) is 0 Å². The maximum atomic E-state index is 11.6. The van der Waals surface area contributed by atoms with E-state index in [0.29, 0.717) is 6.54 Å². The van der Waals surface area contributed by atoms with Crippen LogP contribution in [0.1, 0.15) is 17.3 Å². The van der Waals surface area contributed by atoms with Gasteiger partial charge < -0.3 is 15.1 Å². The SMILES string of the molecule is CCN(C)C(=O)c1cccc(O)c1O. The number of carbonyl (C=O) groups excluding carboxylic acids is 1. The van der Waals surface area contributed by atoms with Crippen molar-refractivity contribution in [3.63, 3.8) is 0 Å². The Balaban J connectivity index is 3.07. The van der Waals surface area contributed by atoms with Crippen LogP contribution in [0.3, 0.4) is 0 Å². The highest BCUT2D eigenvalue weighted by Gasteiger charge is 2.16. The molecule has 1 aromatic carbocycles. The molecule has 2 N–H and O–H groups in total. The molecule has 0 bridgehead atoms. The Kier molecular flexibility index (Phi) is 2.96. The summed E-state index contributed by atoms with van der Waals surface area (Å²) in [5, 5.41) is 18.6. The Bertz CT molecular complexity index is 349. The predicted octanol–water partition coefficient (Wildman–Crippen LogP) is 1.19. The normalized spacial score (nSPS) is 9.86. The molecule has 1 rings (SSSR count). The van der Waals surface area contributed by atoms with Crippen LogP contribution in [0.2, 0.25) is 0 Å². The molecule has 0 saturated carbocycles. The van der Waals surface area contributed by atoms with Crippen molar-refractivity contribution < 1.29 is 15.0 Å². The molecule has 0 spiro atoms. The Hall–Kier alpha value is -1.71. The van der Waals surface area contributed by atoms with E-state index in [4.69, 9.17) is 0 Å². The second-order valence-corrected chi connectivity index (χ2v) is 2.99. The zero-order valence-electron chi connectivity index (χ0n) is 8.19. The average molecular weight is 195 g/mol. The molecule has 0 unspecified atom stereocenters. The first-order chi connectivity index (χ1) is 6.57. The maximum Gasteiger partial charge on any atom is 0.257 e. The van der Waals surface area contributed by atoms with Crippen LogP contribution >= 0.6 is 0 Å². The standard InChI is InChI=1S/C10H13NO3/c1-3-11(2)10(14)7-5-4-6-8(12)9(7)13/h4-6,12-13H,3H2,1-2H3. The third kappa shape index (κ3) is 1.79. The lowest BCUT2D eigenvalue weighted by atomic mass is 10.1. The molecule has 0 aliphatic heterocycles. The molecule has 1 amide bonds. The number of carbonyl (C=O) groups is 1. The number of amides is 1. The summed E-state index contributed by atoms with van der Waals surface area (Å²) >= 11 is 0. The minimum Gasteiger partial charge on any atom is -0.504 e. The van der Waals surface area contributed by atoms with Crippen LogP contribution in [0.5, 0.6) is 11.5 Å². The van der Waals surface area contributed by atoms with Crippen molar-refractivity contribution in [2.45, 2.75) is 6.92 Å². The first-order valence-electron chi connectivity index (χ1n) is 4.34. The largest absolute Gasteiger partial charge is 0.504 e. The van der Waals surface area contributed by atoms with E-state index in [1.54, 1.807) is 7.05 Å². The van der Waals surface area contributed by atoms with E-state index >= 15 is 0 Å². The molecule has 76 valence electrons. The van der Waals surface area contributed by atoms with Gasteiger partial charge in [-0.1, -0.05) is 6.07 Å². The number of hydrogen-bond acceptors (Lipinski definition) is 3. The first kappa shape index (κ1) is 10.4. The number of para-hydroxylation sites is 1. The van der Waals surface area contributed by atoms with E-state index < -0.39 is 0 Å². The molecule has 0 saturated heterocycles. The van der Waals surface area contributed by atoms with Crippen molar-refractivity contribution in [2.24, 2.45) is 0 Å². The van der Waals surface area contributed by atoms with E-state index in [0.717, 1.165) is 0 Å². The summed E-state index contributed by atoms with van der Waals surface area (Å²) in [5.41, 5.74) is 0.120. The molecule has 1 aromatic rings. The summed E-state index contributed by atoms with van der Waals surface area (Å²) in [5.74, 6) is -0.945. The number of aromatic hydroxyl groups is 2. The van der Waals surface area contributed by atoms with Gasteiger partial charge in [0, 0.05) is 13.6 Å². The smallest absolute Gasteiger partial charge is 0.257 e. The van der Waals surface area contributed by atoms with Crippen molar-refractivity contribution in [3.05, 3.63) is 23.8 Å². The van der Waals surface area contributed by atoms with Crippen molar-refractivity contribution in [2.75, 3.05) is 13.6 Å². The highest BCUT2D eigenvalue weighted by Crippen LogP contribution is 2.28. The third-order valence-electron chi connectivity index (χ3n) is 2.07. The lowest BCUT2D eigenvalue weighted by molar-refractivity contribution is 0.0798. The fourth-order valence-electron chi connectivity index (χ4n) is 1.05. The van der Waals surface area contributed by atoms with Crippen molar-refractivity contribution in [1.29, 1.82) is 0 Å². The molecule has 4 nitrogen and oxygen atoms in total. The number of hydrogen-bond donors (Lipinski definition) is 2. The summed E-state index contributed by atoms with van der Waals surface area (Å²) in [4.78, 5) is 13.1. The van der Waals surface area contributed by atoms with E-state index in [-0.39, 0.29) is 23.0 Å². The number of benzene rings is 1. The summed E-state index contributed by atoms with van der Waals surface area (Å²) in [6.07, 6.45) is 0. The second kappa shape index (κ2) is 4.00. The van der Waals surface area contributed by atoms with E-state index in [9.17, 15) is 15.0 Å². The van der Waals surface area contributed by atoms with Gasteiger partial charge in [0.25, 0.3) is 5.91 Å². The molecular weight excluding hydrogens is 182 g/mol. The molecule has 0 heterocycles. The van der Waals surface area contributed by atoms with Crippen LogP contribution in [0, 0.1) is 0 Å².